The number of hydrogen-bond acceptors (Lipinski definition) is 4. The standard InChI is InChI=1S/C13H20N2O3/c1-9(13(17-2)18-3)15-12(16)11(14)10-7-5-4-6-8-10/h4-9,11,13H,14H2,1-3H3,(H,15,16)/t9?,11-/m1/s1. The zero-order valence-corrected chi connectivity index (χ0v) is 10.9. The van der Waals surface area contributed by atoms with Crippen LogP contribution in [0.4, 0.5) is 0 Å². The van der Waals surface area contributed by atoms with E-state index in [9.17, 15) is 4.79 Å². The molecule has 0 aliphatic carbocycles. The van der Waals surface area contributed by atoms with Crippen molar-refractivity contribution in [2.75, 3.05) is 14.2 Å². The average Bonchev–Trinajstić information content (AvgIpc) is 2.40. The first-order valence-corrected chi connectivity index (χ1v) is 5.76. The number of carbonyl (C=O) groups excluding carboxylic acids is 1. The Bertz CT molecular complexity index is 366. The van der Waals surface area contributed by atoms with E-state index in [4.69, 9.17) is 15.2 Å². The predicted octanol–water partition coefficient (Wildman–Crippen LogP) is 0.810. The van der Waals surface area contributed by atoms with E-state index in [-0.39, 0.29) is 11.9 Å². The Morgan fingerprint density at radius 2 is 1.78 bits per heavy atom. The summed E-state index contributed by atoms with van der Waals surface area (Å²) in [6.07, 6.45) is -0.489. The number of amides is 1. The summed E-state index contributed by atoms with van der Waals surface area (Å²) < 4.78 is 10.1. The van der Waals surface area contributed by atoms with E-state index >= 15 is 0 Å². The molecule has 100 valence electrons. The second-order valence-electron chi connectivity index (χ2n) is 4.03. The maximum Gasteiger partial charge on any atom is 0.241 e. The fourth-order valence-electron chi connectivity index (χ4n) is 1.70. The molecular weight excluding hydrogens is 232 g/mol. The van der Waals surface area contributed by atoms with Gasteiger partial charge in [-0.1, -0.05) is 30.3 Å². The fourth-order valence-corrected chi connectivity index (χ4v) is 1.70. The van der Waals surface area contributed by atoms with E-state index in [1.165, 1.54) is 14.2 Å². The van der Waals surface area contributed by atoms with Crippen LogP contribution in [0.5, 0.6) is 0 Å². The molecule has 5 heteroatoms. The summed E-state index contributed by atoms with van der Waals surface area (Å²) in [5.74, 6) is -0.257. The zero-order chi connectivity index (χ0) is 13.5. The topological polar surface area (TPSA) is 73.6 Å². The van der Waals surface area contributed by atoms with E-state index in [1.54, 1.807) is 6.92 Å². The molecule has 0 heterocycles. The number of methoxy groups -OCH3 is 2. The van der Waals surface area contributed by atoms with Gasteiger partial charge in [-0.3, -0.25) is 4.79 Å². The van der Waals surface area contributed by atoms with Crippen molar-refractivity contribution in [3.05, 3.63) is 35.9 Å². The van der Waals surface area contributed by atoms with E-state index in [1.807, 2.05) is 30.3 Å². The molecule has 0 saturated carbocycles. The lowest BCUT2D eigenvalue weighted by Crippen LogP contribution is -2.46. The van der Waals surface area contributed by atoms with Crippen molar-refractivity contribution in [1.29, 1.82) is 0 Å². The highest BCUT2D eigenvalue weighted by atomic mass is 16.7. The van der Waals surface area contributed by atoms with Crippen molar-refractivity contribution in [3.63, 3.8) is 0 Å². The van der Waals surface area contributed by atoms with Gasteiger partial charge in [0.05, 0.1) is 6.04 Å². The summed E-state index contributed by atoms with van der Waals surface area (Å²) in [6, 6.07) is 8.24. The smallest absolute Gasteiger partial charge is 0.241 e. The lowest BCUT2D eigenvalue weighted by molar-refractivity contribution is -0.136. The zero-order valence-electron chi connectivity index (χ0n) is 10.9. The number of hydrogen-bond donors (Lipinski definition) is 2. The Kier molecular flexibility index (Phi) is 5.77. The quantitative estimate of drug-likeness (QED) is 0.735. The molecule has 18 heavy (non-hydrogen) atoms. The van der Waals surface area contributed by atoms with Crippen LogP contribution >= 0.6 is 0 Å². The Morgan fingerprint density at radius 3 is 2.28 bits per heavy atom. The lowest BCUT2D eigenvalue weighted by Gasteiger charge is -2.23. The third kappa shape index (κ3) is 3.80. The van der Waals surface area contributed by atoms with E-state index in [0.717, 1.165) is 5.56 Å². The molecule has 0 aliphatic rings. The van der Waals surface area contributed by atoms with Crippen molar-refractivity contribution < 1.29 is 14.3 Å². The largest absolute Gasteiger partial charge is 0.354 e. The van der Waals surface area contributed by atoms with Crippen molar-refractivity contribution in [2.24, 2.45) is 5.73 Å². The van der Waals surface area contributed by atoms with E-state index < -0.39 is 12.3 Å². The summed E-state index contributed by atoms with van der Waals surface area (Å²) in [5, 5.41) is 2.77. The van der Waals surface area contributed by atoms with Crippen LogP contribution in [0.1, 0.15) is 18.5 Å². The molecule has 1 amide bonds. The maximum absolute atomic E-state index is 11.9. The van der Waals surface area contributed by atoms with E-state index in [0.29, 0.717) is 0 Å². The van der Waals surface area contributed by atoms with Crippen molar-refractivity contribution in [3.8, 4) is 0 Å². The number of carbonyl (C=O) groups is 1. The first-order valence-electron chi connectivity index (χ1n) is 5.76. The highest BCUT2D eigenvalue weighted by molar-refractivity contribution is 5.83. The molecule has 0 spiro atoms. The number of nitrogens with one attached hydrogen (secondary N) is 1. The predicted molar refractivity (Wildman–Crippen MR) is 68.8 cm³/mol. The molecule has 3 N–H and O–H groups in total. The average molecular weight is 252 g/mol. The first-order chi connectivity index (χ1) is 8.60. The fraction of sp³-hybridized carbons (Fsp3) is 0.462. The molecule has 0 aromatic heterocycles. The molecular formula is C13H20N2O3. The van der Waals surface area contributed by atoms with Gasteiger partial charge in [-0.15, -0.1) is 0 Å². The van der Waals surface area contributed by atoms with Crippen LogP contribution in [0.25, 0.3) is 0 Å². The van der Waals surface area contributed by atoms with Crippen LogP contribution in [0.15, 0.2) is 30.3 Å². The summed E-state index contributed by atoms with van der Waals surface area (Å²) in [7, 11) is 3.04. The van der Waals surface area contributed by atoms with Gasteiger partial charge in [0.15, 0.2) is 6.29 Å². The molecule has 1 unspecified atom stereocenters. The van der Waals surface area contributed by atoms with Gasteiger partial charge < -0.3 is 20.5 Å². The van der Waals surface area contributed by atoms with Gasteiger partial charge in [0.2, 0.25) is 5.91 Å². The molecule has 1 aromatic carbocycles. The maximum atomic E-state index is 11.9. The molecule has 2 atom stereocenters. The lowest BCUT2D eigenvalue weighted by atomic mass is 10.1. The minimum atomic E-state index is -0.692. The molecule has 1 rings (SSSR count). The Balaban J connectivity index is 2.60. The summed E-state index contributed by atoms with van der Waals surface area (Å²) in [4.78, 5) is 11.9. The number of rotatable bonds is 6. The van der Waals surface area contributed by atoms with Gasteiger partial charge in [0.1, 0.15) is 6.04 Å². The molecule has 0 fully saturated rings. The van der Waals surface area contributed by atoms with Crippen LogP contribution in [0, 0.1) is 0 Å². The van der Waals surface area contributed by atoms with Crippen LogP contribution in [0.2, 0.25) is 0 Å². The molecule has 0 aliphatic heterocycles. The van der Waals surface area contributed by atoms with Gasteiger partial charge in [-0.2, -0.15) is 0 Å². The molecule has 1 aromatic rings. The molecule has 0 radical (unpaired) electrons. The minimum Gasteiger partial charge on any atom is -0.354 e. The van der Waals surface area contributed by atoms with E-state index in [2.05, 4.69) is 5.32 Å². The SMILES string of the molecule is COC(OC)C(C)NC(=O)[C@H](N)c1ccccc1. The molecule has 0 saturated heterocycles. The van der Waals surface area contributed by atoms with Gasteiger partial charge in [-0.05, 0) is 12.5 Å². The summed E-state index contributed by atoms with van der Waals surface area (Å²) in [5.41, 5.74) is 6.65. The number of ether oxygens (including phenoxy) is 2. The normalized spacial score (nSPS) is 14.3. The highest BCUT2D eigenvalue weighted by Gasteiger charge is 2.22. The van der Waals surface area contributed by atoms with Crippen molar-refractivity contribution in [1.82, 2.24) is 5.32 Å². The second-order valence-corrected chi connectivity index (χ2v) is 4.03. The van der Waals surface area contributed by atoms with Crippen molar-refractivity contribution >= 4 is 5.91 Å². The summed E-state index contributed by atoms with van der Waals surface area (Å²) in [6.45, 7) is 1.80. The third-order valence-corrected chi connectivity index (χ3v) is 2.68. The van der Waals surface area contributed by atoms with Gasteiger partial charge in [0.25, 0.3) is 0 Å². The van der Waals surface area contributed by atoms with Crippen LogP contribution in [-0.4, -0.2) is 32.5 Å². The Hall–Kier alpha value is -1.43. The van der Waals surface area contributed by atoms with Crippen LogP contribution in [-0.2, 0) is 14.3 Å². The van der Waals surface area contributed by atoms with Gasteiger partial charge in [-0.25, -0.2) is 0 Å². The van der Waals surface area contributed by atoms with Gasteiger partial charge in [0, 0.05) is 14.2 Å². The number of benzene rings is 1. The van der Waals surface area contributed by atoms with Crippen LogP contribution < -0.4 is 11.1 Å². The summed E-state index contributed by atoms with van der Waals surface area (Å²) >= 11 is 0. The van der Waals surface area contributed by atoms with Crippen molar-refractivity contribution in [2.45, 2.75) is 25.3 Å². The van der Waals surface area contributed by atoms with Crippen LogP contribution in [0.3, 0.4) is 0 Å². The van der Waals surface area contributed by atoms with Gasteiger partial charge >= 0.3 is 0 Å². The monoisotopic (exact) mass is 252 g/mol. The first kappa shape index (κ1) is 14.6. The second kappa shape index (κ2) is 7.10. The highest BCUT2D eigenvalue weighted by Crippen LogP contribution is 2.10. The Morgan fingerprint density at radius 1 is 1.22 bits per heavy atom. The molecule has 5 nitrogen and oxygen atoms in total. The third-order valence-electron chi connectivity index (χ3n) is 2.68. The number of nitrogens with two attached hydrogens (primary N) is 1. The molecule has 0 bridgehead atoms. The minimum absolute atomic E-state index is 0.257. The Labute approximate surface area is 107 Å².